The number of carbonyl (C=O) groups is 1. The van der Waals surface area contributed by atoms with E-state index in [4.69, 9.17) is 21.6 Å². The van der Waals surface area contributed by atoms with Gasteiger partial charge in [-0.25, -0.2) is 28.2 Å². The third kappa shape index (κ3) is 7.91. The topological polar surface area (TPSA) is 139 Å². The van der Waals surface area contributed by atoms with Crippen molar-refractivity contribution < 1.29 is 17.9 Å². The molecule has 1 atom stereocenters. The van der Waals surface area contributed by atoms with Gasteiger partial charge in [0.2, 0.25) is 10.0 Å². The van der Waals surface area contributed by atoms with Gasteiger partial charge in [0.1, 0.15) is 11.6 Å². The first-order valence-electron chi connectivity index (χ1n) is 12.4. The number of rotatable bonds is 10. The maximum absolute atomic E-state index is 12.4. The van der Waals surface area contributed by atoms with E-state index < -0.39 is 16.1 Å². The van der Waals surface area contributed by atoms with Crippen LogP contribution in [0.4, 0.5) is 10.5 Å². The summed E-state index contributed by atoms with van der Waals surface area (Å²) in [7, 11) is -2.18. The fourth-order valence-corrected chi connectivity index (χ4v) is 5.10. The molecule has 0 fully saturated rings. The lowest BCUT2D eigenvalue weighted by molar-refractivity contribution is 0.167. The quantitative estimate of drug-likeness (QED) is 0.304. The molecule has 0 aliphatic carbocycles. The van der Waals surface area contributed by atoms with Crippen molar-refractivity contribution in [3.8, 4) is 22.6 Å². The van der Waals surface area contributed by atoms with Crippen molar-refractivity contribution in [2.75, 3.05) is 17.6 Å². The minimum Gasteiger partial charge on any atom is -0.453 e. The average Bonchev–Trinajstić information content (AvgIpc) is 3.28. The molecule has 0 saturated heterocycles. The average molecular weight is 563 g/mol. The van der Waals surface area contributed by atoms with E-state index >= 15 is 0 Å². The van der Waals surface area contributed by atoms with Crippen molar-refractivity contribution in [2.24, 2.45) is 0 Å². The second kappa shape index (κ2) is 12.1. The van der Waals surface area contributed by atoms with Crippen LogP contribution in [0.1, 0.15) is 59.1 Å². The summed E-state index contributed by atoms with van der Waals surface area (Å²) in [4.78, 5) is 28.9. The highest BCUT2D eigenvalue weighted by atomic mass is 35.5. The fourth-order valence-electron chi connectivity index (χ4n) is 3.74. The number of aromatic nitrogens is 4. The van der Waals surface area contributed by atoms with Crippen molar-refractivity contribution in [3.63, 3.8) is 0 Å². The van der Waals surface area contributed by atoms with Gasteiger partial charge in [-0.1, -0.05) is 39.3 Å². The minimum absolute atomic E-state index is 0.00809. The maximum Gasteiger partial charge on any atom is 0.407 e. The Hall–Kier alpha value is -3.18. The third-order valence-electron chi connectivity index (χ3n) is 5.64. The molecule has 2 heterocycles. The van der Waals surface area contributed by atoms with E-state index in [1.807, 2.05) is 27.7 Å². The number of H-pyrrole nitrogens is 1. The molecule has 206 valence electrons. The molecule has 1 amide bonds. The molecular weight excluding hydrogens is 528 g/mol. The first-order chi connectivity index (χ1) is 17.8. The van der Waals surface area contributed by atoms with Gasteiger partial charge in [0, 0.05) is 34.7 Å². The molecule has 0 bridgehead atoms. The summed E-state index contributed by atoms with van der Waals surface area (Å²) in [6, 6.07) is 6.70. The fraction of sp³-hybridized carbons (Fsp3) is 0.462. The van der Waals surface area contributed by atoms with E-state index in [0.29, 0.717) is 58.4 Å². The molecule has 10 nitrogen and oxygen atoms in total. The van der Waals surface area contributed by atoms with Crippen LogP contribution >= 0.6 is 11.6 Å². The van der Waals surface area contributed by atoms with E-state index in [1.54, 1.807) is 37.4 Å². The van der Waals surface area contributed by atoms with Gasteiger partial charge >= 0.3 is 6.09 Å². The molecule has 12 heteroatoms. The number of sulfonamides is 1. The number of amides is 1. The summed E-state index contributed by atoms with van der Waals surface area (Å²) in [5.41, 5.74) is 2.62. The smallest absolute Gasteiger partial charge is 0.407 e. The number of imidazole rings is 1. The van der Waals surface area contributed by atoms with Gasteiger partial charge in [0.25, 0.3) is 0 Å². The number of benzene rings is 1. The van der Waals surface area contributed by atoms with Crippen LogP contribution in [-0.4, -0.2) is 53.4 Å². The summed E-state index contributed by atoms with van der Waals surface area (Å²) in [6.07, 6.45) is 2.85. The standard InChI is InChI=1S/C26H35ClN6O4S/c1-7-12-38(35,36)33-19-14-17(13-18(27)15-19)22-23(32-24(31-22)26(3,4)5)20-10-11-28-21(30-20)9-8-16(2)29-25(34)37-6/h10-11,13-16,33H,7-9,12H2,1-6H3,(H,29,34)(H,31,32)/t16-/m0/s1. The van der Waals surface area contributed by atoms with E-state index in [1.165, 1.54) is 7.11 Å². The second-order valence-corrected chi connectivity index (χ2v) is 12.4. The summed E-state index contributed by atoms with van der Waals surface area (Å²) < 4.78 is 32.0. The molecule has 0 spiro atoms. The van der Waals surface area contributed by atoms with Crippen molar-refractivity contribution in [3.05, 3.63) is 47.1 Å². The number of nitrogens with zero attached hydrogens (tertiary/aromatic N) is 3. The largest absolute Gasteiger partial charge is 0.453 e. The van der Waals surface area contributed by atoms with Crippen molar-refractivity contribution in [1.82, 2.24) is 25.3 Å². The summed E-state index contributed by atoms with van der Waals surface area (Å²) in [5, 5.41) is 3.11. The monoisotopic (exact) mass is 562 g/mol. The van der Waals surface area contributed by atoms with Crippen molar-refractivity contribution >= 4 is 33.4 Å². The predicted octanol–water partition coefficient (Wildman–Crippen LogP) is 5.31. The summed E-state index contributed by atoms with van der Waals surface area (Å²) in [6.45, 7) is 9.82. The number of anilines is 1. The number of hydrogen-bond donors (Lipinski definition) is 3. The Morgan fingerprint density at radius 3 is 2.61 bits per heavy atom. The number of methoxy groups -OCH3 is 1. The number of aromatic amines is 1. The Bertz CT molecular complexity index is 1380. The van der Waals surface area contributed by atoms with Crippen LogP contribution in [0, 0.1) is 0 Å². The highest BCUT2D eigenvalue weighted by Gasteiger charge is 2.24. The second-order valence-electron chi connectivity index (χ2n) is 10.1. The Labute approximate surface area is 229 Å². The van der Waals surface area contributed by atoms with Crippen molar-refractivity contribution in [2.45, 2.75) is 65.3 Å². The minimum atomic E-state index is -3.50. The number of carbonyl (C=O) groups excluding carboxylic acids is 1. The molecule has 0 radical (unpaired) electrons. The maximum atomic E-state index is 12.4. The molecule has 1 aromatic carbocycles. The Balaban J connectivity index is 2.00. The SMILES string of the molecule is CCCS(=O)(=O)Nc1cc(Cl)cc(-c2nc(C(C)(C)C)[nH]c2-c2ccnc(CC[C@H](C)NC(=O)OC)n2)c1. The molecule has 2 aromatic heterocycles. The summed E-state index contributed by atoms with van der Waals surface area (Å²) in [5.74, 6) is 1.36. The van der Waals surface area contributed by atoms with Crippen LogP contribution in [0.25, 0.3) is 22.6 Å². The van der Waals surface area contributed by atoms with Crippen LogP contribution in [0.15, 0.2) is 30.5 Å². The van der Waals surface area contributed by atoms with E-state index in [-0.39, 0.29) is 17.2 Å². The van der Waals surface area contributed by atoms with Gasteiger partial charge in [0.15, 0.2) is 0 Å². The van der Waals surface area contributed by atoms with Gasteiger partial charge in [0.05, 0.1) is 35.6 Å². The number of hydrogen-bond acceptors (Lipinski definition) is 7. The van der Waals surface area contributed by atoms with Gasteiger partial charge in [-0.05, 0) is 44.0 Å². The molecule has 0 saturated carbocycles. The number of ether oxygens (including phenoxy) is 1. The molecule has 3 aromatic rings. The molecule has 0 aliphatic heterocycles. The van der Waals surface area contributed by atoms with Gasteiger partial charge in [-0.2, -0.15) is 0 Å². The van der Waals surface area contributed by atoms with Crippen LogP contribution in [0.2, 0.25) is 5.02 Å². The van der Waals surface area contributed by atoms with E-state index in [2.05, 4.69) is 24.7 Å². The van der Waals surface area contributed by atoms with Crippen LogP contribution in [0.5, 0.6) is 0 Å². The molecule has 38 heavy (non-hydrogen) atoms. The number of nitrogens with one attached hydrogen (secondary N) is 3. The third-order valence-corrected chi connectivity index (χ3v) is 7.35. The number of aryl methyl sites for hydroxylation is 1. The summed E-state index contributed by atoms with van der Waals surface area (Å²) >= 11 is 6.41. The lowest BCUT2D eigenvalue weighted by Crippen LogP contribution is -2.32. The zero-order valence-electron chi connectivity index (χ0n) is 22.6. The zero-order chi connectivity index (χ0) is 28.1. The van der Waals surface area contributed by atoms with Gasteiger partial charge in [-0.15, -0.1) is 0 Å². The van der Waals surface area contributed by atoms with Crippen LogP contribution in [-0.2, 0) is 26.6 Å². The van der Waals surface area contributed by atoms with Gasteiger partial charge < -0.3 is 15.0 Å². The molecule has 3 rings (SSSR count). The first-order valence-corrected chi connectivity index (χ1v) is 14.4. The normalized spacial score (nSPS) is 12.7. The Morgan fingerprint density at radius 1 is 1.21 bits per heavy atom. The predicted molar refractivity (Wildman–Crippen MR) is 150 cm³/mol. The van der Waals surface area contributed by atoms with E-state index in [0.717, 1.165) is 5.82 Å². The Morgan fingerprint density at radius 2 is 1.95 bits per heavy atom. The molecule has 0 aliphatic rings. The lowest BCUT2D eigenvalue weighted by atomic mass is 9.96. The number of halogens is 1. The van der Waals surface area contributed by atoms with Crippen LogP contribution in [0.3, 0.4) is 0 Å². The Kier molecular flexibility index (Phi) is 9.37. The van der Waals surface area contributed by atoms with E-state index in [9.17, 15) is 13.2 Å². The number of alkyl carbamates (subject to hydrolysis) is 1. The van der Waals surface area contributed by atoms with Gasteiger partial charge in [-0.3, -0.25) is 4.72 Å². The molecule has 3 N–H and O–H groups in total. The molecule has 0 unspecified atom stereocenters. The highest BCUT2D eigenvalue weighted by molar-refractivity contribution is 7.92. The molecular formula is C26H35ClN6O4S. The van der Waals surface area contributed by atoms with Crippen molar-refractivity contribution in [1.29, 1.82) is 0 Å². The first kappa shape index (κ1) is 29.4. The van der Waals surface area contributed by atoms with Crippen LogP contribution < -0.4 is 10.0 Å². The lowest BCUT2D eigenvalue weighted by Gasteiger charge is -2.14. The zero-order valence-corrected chi connectivity index (χ0v) is 24.1. The highest BCUT2D eigenvalue weighted by Crippen LogP contribution is 2.35.